The van der Waals surface area contributed by atoms with E-state index < -0.39 is 11.2 Å². The number of aryl methyl sites for hydroxylation is 1. The monoisotopic (exact) mass is 242 g/mol. The third-order valence-corrected chi connectivity index (χ3v) is 3.45. The van der Waals surface area contributed by atoms with Crippen LogP contribution in [0, 0.1) is 16.7 Å². The number of hydrogen-bond donors (Lipinski definition) is 0. The van der Waals surface area contributed by atoms with E-state index in [1.807, 2.05) is 0 Å². The van der Waals surface area contributed by atoms with Crippen LogP contribution in [0.3, 0.4) is 0 Å². The predicted molar refractivity (Wildman–Crippen MR) is 63.1 cm³/mol. The first-order valence-electron chi connectivity index (χ1n) is 5.63. The van der Waals surface area contributed by atoms with Gasteiger partial charge in [0, 0.05) is 12.6 Å². The lowest BCUT2D eigenvalue weighted by Crippen LogP contribution is -2.14. The number of nitrogens with zero attached hydrogens (tertiary/aromatic N) is 2. The molecule has 0 unspecified atom stereocenters. The highest BCUT2D eigenvalue weighted by Gasteiger charge is 2.50. The van der Waals surface area contributed by atoms with Crippen molar-refractivity contribution in [1.29, 1.82) is 5.26 Å². The van der Waals surface area contributed by atoms with Crippen LogP contribution in [0.5, 0.6) is 0 Å². The second kappa shape index (κ2) is 3.33. The number of carbonyl (C=O) groups excluding carboxylic acids is 1. The predicted octanol–water partition coefficient (Wildman–Crippen LogP) is 1.62. The smallest absolute Gasteiger partial charge is 0.408 e. The minimum absolute atomic E-state index is 0.166. The fraction of sp³-hybridized carbons (Fsp3) is 0.308. The second-order valence-corrected chi connectivity index (χ2v) is 4.63. The molecule has 18 heavy (non-hydrogen) atoms. The summed E-state index contributed by atoms with van der Waals surface area (Å²) in [5.41, 5.74) is 0.634. The van der Waals surface area contributed by atoms with E-state index in [4.69, 9.17) is 9.68 Å². The Bertz CT molecular complexity index is 757. The lowest BCUT2D eigenvalue weighted by Gasteiger charge is -2.04. The van der Waals surface area contributed by atoms with Gasteiger partial charge < -0.3 is 4.42 Å². The van der Waals surface area contributed by atoms with Gasteiger partial charge >= 0.3 is 5.76 Å². The molecule has 0 N–H and O–H groups in total. The zero-order chi connectivity index (χ0) is 12.9. The molecule has 0 bridgehead atoms. The minimum atomic E-state index is -0.837. The molecule has 2 aromatic rings. The molecule has 0 spiro atoms. The molecule has 0 saturated heterocycles. The quantitative estimate of drug-likeness (QED) is 0.750. The zero-order valence-electron chi connectivity index (χ0n) is 9.77. The maximum atomic E-state index is 12.2. The van der Waals surface area contributed by atoms with Gasteiger partial charge in [-0.2, -0.15) is 5.26 Å². The molecular formula is C13H10N2O3. The molecule has 0 atom stereocenters. The Morgan fingerprint density at radius 3 is 2.83 bits per heavy atom. The van der Waals surface area contributed by atoms with Gasteiger partial charge in [0.15, 0.2) is 11.4 Å². The molecule has 1 heterocycles. The van der Waals surface area contributed by atoms with Gasteiger partial charge in [0.2, 0.25) is 0 Å². The van der Waals surface area contributed by atoms with Crippen LogP contribution in [0.25, 0.3) is 11.1 Å². The Hall–Kier alpha value is -2.35. The van der Waals surface area contributed by atoms with Crippen molar-refractivity contribution in [2.24, 2.45) is 12.5 Å². The van der Waals surface area contributed by atoms with E-state index in [0.29, 0.717) is 29.5 Å². The molecule has 90 valence electrons. The maximum absolute atomic E-state index is 12.2. The third-order valence-electron chi connectivity index (χ3n) is 3.45. The molecule has 5 nitrogen and oxygen atoms in total. The Balaban J connectivity index is 2.15. The molecule has 1 saturated carbocycles. The average Bonchev–Trinajstić information content (AvgIpc) is 3.13. The number of carbonyl (C=O) groups is 1. The lowest BCUT2D eigenvalue weighted by molar-refractivity contribution is 0.0935. The summed E-state index contributed by atoms with van der Waals surface area (Å²) in [6.45, 7) is 0. The van der Waals surface area contributed by atoms with Crippen LogP contribution in [-0.2, 0) is 7.05 Å². The fourth-order valence-corrected chi connectivity index (χ4v) is 2.06. The number of fused-ring (bicyclic) bond motifs is 1. The molecule has 3 rings (SSSR count). The number of Topliss-reactive ketones (excluding diaryl/α,β-unsaturated/α-hetero) is 1. The van der Waals surface area contributed by atoms with Crippen LogP contribution in [0.1, 0.15) is 23.2 Å². The van der Waals surface area contributed by atoms with Crippen LogP contribution >= 0.6 is 0 Å². The first kappa shape index (κ1) is 10.8. The number of oxazole rings is 1. The van der Waals surface area contributed by atoms with Gasteiger partial charge in [-0.1, -0.05) is 0 Å². The molecule has 1 aromatic heterocycles. The van der Waals surface area contributed by atoms with Gasteiger partial charge in [-0.15, -0.1) is 0 Å². The summed E-state index contributed by atoms with van der Waals surface area (Å²) in [5.74, 6) is -0.628. The van der Waals surface area contributed by atoms with Crippen molar-refractivity contribution >= 4 is 16.9 Å². The van der Waals surface area contributed by atoms with Gasteiger partial charge in [-0.25, -0.2) is 4.79 Å². The number of ketones is 1. The average molecular weight is 242 g/mol. The summed E-state index contributed by atoms with van der Waals surface area (Å²) in [5, 5.41) is 9.02. The normalized spacial score (nSPS) is 16.4. The maximum Gasteiger partial charge on any atom is 0.419 e. The van der Waals surface area contributed by atoms with Crippen molar-refractivity contribution in [1.82, 2.24) is 4.57 Å². The van der Waals surface area contributed by atoms with Crippen molar-refractivity contribution in [3.8, 4) is 6.07 Å². The zero-order valence-corrected chi connectivity index (χ0v) is 9.77. The minimum Gasteiger partial charge on any atom is -0.408 e. The molecule has 5 heteroatoms. The summed E-state index contributed by atoms with van der Waals surface area (Å²) < 4.78 is 6.34. The Kier molecular flexibility index (Phi) is 1.99. The van der Waals surface area contributed by atoms with Gasteiger partial charge in [0.25, 0.3) is 0 Å². The molecule has 0 aliphatic heterocycles. The van der Waals surface area contributed by atoms with Gasteiger partial charge in [-0.05, 0) is 31.0 Å². The van der Waals surface area contributed by atoms with Crippen LogP contribution in [-0.4, -0.2) is 10.4 Å². The Labute approximate surface area is 102 Å². The molecule has 1 aliphatic carbocycles. The standard InChI is InChI=1S/C13H10N2O3/c1-15-9-6-8(2-3-10(9)18-12(15)17)11(16)13(7-14)4-5-13/h2-3,6H,4-5H2,1H3. The molecule has 0 amide bonds. The first-order valence-corrected chi connectivity index (χ1v) is 5.63. The number of hydrogen-bond acceptors (Lipinski definition) is 4. The number of rotatable bonds is 2. The summed E-state index contributed by atoms with van der Waals surface area (Å²) in [6.07, 6.45) is 1.23. The number of nitriles is 1. The van der Waals surface area contributed by atoms with Gasteiger partial charge in [0.1, 0.15) is 5.41 Å². The van der Waals surface area contributed by atoms with E-state index in [1.165, 1.54) is 4.57 Å². The van der Waals surface area contributed by atoms with Crippen LogP contribution in [0.2, 0.25) is 0 Å². The largest absolute Gasteiger partial charge is 0.419 e. The summed E-state index contributed by atoms with van der Waals surface area (Å²) in [6, 6.07) is 6.88. The highest BCUT2D eigenvalue weighted by Crippen LogP contribution is 2.47. The SMILES string of the molecule is Cn1c(=O)oc2ccc(C(=O)C3(C#N)CC3)cc21. The van der Waals surface area contributed by atoms with Gasteiger partial charge in [-0.3, -0.25) is 9.36 Å². The van der Waals surface area contributed by atoms with Crippen molar-refractivity contribution in [3.05, 3.63) is 34.3 Å². The molecular weight excluding hydrogens is 232 g/mol. The van der Waals surface area contributed by atoms with Crippen LogP contribution in [0.15, 0.2) is 27.4 Å². The van der Waals surface area contributed by atoms with E-state index in [0.717, 1.165) is 0 Å². The van der Waals surface area contributed by atoms with Crippen LogP contribution < -0.4 is 5.76 Å². The highest BCUT2D eigenvalue weighted by atomic mass is 16.4. The molecule has 1 aromatic carbocycles. The third kappa shape index (κ3) is 1.32. The van der Waals surface area contributed by atoms with E-state index in [2.05, 4.69) is 6.07 Å². The van der Waals surface area contributed by atoms with Crippen molar-refractivity contribution in [3.63, 3.8) is 0 Å². The van der Waals surface area contributed by atoms with Crippen molar-refractivity contribution in [2.45, 2.75) is 12.8 Å². The molecule has 1 aliphatic rings. The fourth-order valence-electron chi connectivity index (χ4n) is 2.06. The number of aromatic nitrogens is 1. The van der Waals surface area contributed by atoms with Crippen molar-refractivity contribution < 1.29 is 9.21 Å². The molecule has 0 radical (unpaired) electrons. The summed E-state index contributed by atoms with van der Waals surface area (Å²) in [7, 11) is 1.58. The number of benzene rings is 1. The Morgan fingerprint density at radius 2 is 2.22 bits per heavy atom. The lowest BCUT2D eigenvalue weighted by atomic mass is 9.96. The molecule has 1 fully saturated rings. The first-order chi connectivity index (χ1) is 8.57. The second-order valence-electron chi connectivity index (χ2n) is 4.63. The van der Waals surface area contributed by atoms with E-state index in [-0.39, 0.29) is 5.78 Å². The topological polar surface area (TPSA) is 76.0 Å². The van der Waals surface area contributed by atoms with E-state index in [1.54, 1.807) is 25.2 Å². The highest BCUT2D eigenvalue weighted by molar-refractivity contribution is 6.05. The van der Waals surface area contributed by atoms with Crippen LogP contribution in [0.4, 0.5) is 0 Å². The van der Waals surface area contributed by atoms with Crippen molar-refractivity contribution in [2.75, 3.05) is 0 Å². The Morgan fingerprint density at radius 1 is 1.50 bits per heavy atom. The van der Waals surface area contributed by atoms with E-state index >= 15 is 0 Å². The van der Waals surface area contributed by atoms with Gasteiger partial charge in [0.05, 0.1) is 11.6 Å². The summed E-state index contributed by atoms with van der Waals surface area (Å²) >= 11 is 0. The summed E-state index contributed by atoms with van der Waals surface area (Å²) in [4.78, 5) is 23.5. The van der Waals surface area contributed by atoms with E-state index in [9.17, 15) is 9.59 Å².